The predicted octanol–water partition coefficient (Wildman–Crippen LogP) is 3.51. The number of rotatable bonds is 7. The van der Waals surface area contributed by atoms with Crippen LogP contribution in [0.4, 0.5) is 0 Å². The quantitative estimate of drug-likeness (QED) is 0.379. The molecular weight excluding hydrogens is 492 g/mol. The number of nitrogens with zero attached hydrogens (tertiary/aromatic N) is 4. The summed E-state index contributed by atoms with van der Waals surface area (Å²) in [4.78, 5) is 25.1. The summed E-state index contributed by atoms with van der Waals surface area (Å²) < 4.78 is 33.6. The smallest absolute Gasteiger partial charge is 0.243 e. The summed E-state index contributed by atoms with van der Waals surface area (Å²) in [6, 6.07) is 11.1. The van der Waals surface area contributed by atoms with E-state index in [1.54, 1.807) is 25.1 Å². The van der Waals surface area contributed by atoms with Gasteiger partial charge in [-0.05, 0) is 56.0 Å². The molecule has 1 saturated heterocycles. The van der Waals surface area contributed by atoms with Crippen LogP contribution in [-0.4, -0.2) is 51.8 Å². The summed E-state index contributed by atoms with van der Waals surface area (Å²) in [6.45, 7) is 6.54. The van der Waals surface area contributed by atoms with E-state index in [4.69, 9.17) is 4.52 Å². The molecule has 2 aromatic heterocycles. The summed E-state index contributed by atoms with van der Waals surface area (Å²) in [5.74, 6) is 1.21. The first-order valence-electron chi connectivity index (χ1n) is 12.4. The van der Waals surface area contributed by atoms with Crippen molar-refractivity contribution in [1.82, 2.24) is 29.7 Å². The zero-order valence-corrected chi connectivity index (χ0v) is 21.9. The Kier molecular flexibility index (Phi) is 6.82. The predicted molar refractivity (Wildman–Crippen MR) is 138 cm³/mol. The number of hydrogen-bond acceptors (Lipinski definition) is 7. The van der Waals surface area contributed by atoms with Crippen LogP contribution in [0, 0.1) is 19.8 Å². The number of amides is 1. The van der Waals surface area contributed by atoms with Crippen molar-refractivity contribution < 1.29 is 17.7 Å². The Morgan fingerprint density at radius 3 is 2.65 bits per heavy atom. The van der Waals surface area contributed by atoms with Gasteiger partial charge in [-0.3, -0.25) is 4.79 Å². The van der Waals surface area contributed by atoms with Gasteiger partial charge in [0.25, 0.3) is 0 Å². The molecule has 0 aliphatic carbocycles. The van der Waals surface area contributed by atoms with Gasteiger partial charge in [-0.2, -0.15) is 9.29 Å². The molecule has 11 heteroatoms. The number of hydrogen-bond donors (Lipinski definition) is 2. The van der Waals surface area contributed by atoms with Crippen LogP contribution in [-0.2, 0) is 27.8 Å². The second-order valence-corrected chi connectivity index (χ2v) is 11.4. The standard InChI is InChI=1S/C26H30N6O4S/c1-4-24-30-25(31-36-24)19-7-6-17(3)22(14-19)37(34,35)32-11-9-18(10-12-32)26(33)27-15-23-28-20-8-5-16(2)13-21(20)29-23/h5-8,13-14,18H,4,9-12,15H2,1-3H3,(H,27,33)(H,28,29). The Labute approximate surface area is 215 Å². The summed E-state index contributed by atoms with van der Waals surface area (Å²) in [7, 11) is -3.74. The second kappa shape index (κ2) is 10.1. The molecule has 1 fully saturated rings. The highest BCUT2D eigenvalue weighted by Crippen LogP contribution is 2.29. The number of sulfonamides is 1. The number of benzene rings is 2. The van der Waals surface area contributed by atoms with Gasteiger partial charge in [0.2, 0.25) is 27.6 Å². The highest BCUT2D eigenvalue weighted by Gasteiger charge is 2.33. The zero-order chi connectivity index (χ0) is 26.2. The number of aromatic amines is 1. The highest BCUT2D eigenvalue weighted by molar-refractivity contribution is 7.89. The second-order valence-electron chi connectivity index (χ2n) is 9.45. The number of carbonyl (C=O) groups is 1. The molecule has 1 aliphatic rings. The first-order valence-corrected chi connectivity index (χ1v) is 13.9. The minimum absolute atomic E-state index is 0.0873. The molecule has 0 unspecified atom stereocenters. The molecular formula is C26H30N6O4S. The minimum atomic E-state index is -3.74. The number of imidazole rings is 1. The van der Waals surface area contributed by atoms with Crippen molar-refractivity contribution in [2.45, 2.75) is 51.5 Å². The van der Waals surface area contributed by atoms with Crippen molar-refractivity contribution >= 4 is 27.0 Å². The Bertz CT molecular complexity index is 1550. The van der Waals surface area contributed by atoms with Gasteiger partial charge in [0, 0.05) is 31.0 Å². The maximum absolute atomic E-state index is 13.5. The fourth-order valence-electron chi connectivity index (χ4n) is 4.61. The van der Waals surface area contributed by atoms with Gasteiger partial charge < -0.3 is 14.8 Å². The molecule has 1 aliphatic heterocycles. The van der Waals surface area contributed by atoms with E-state index in [1.165, 1.54) is 4.31 Å². The molecule has 0 spiro atoms. The van der Waals surface area contributed by atoms with Crippen LogP contribution in [0.25, 0.3) is 22.4 Å². The molecule has 0 radical (unpaired) electrons. The van der Waals surface area contributed by atoms with Crippen LogP contribution in [0.15, 0.2) is 45.8 Å². The summed E-state index contributed by atoms with van der Waals surface area (Å²) in [6.07, 6.45) is 1.51. The van der Waals surface area contributed by atoms with Gasteiger partial charge >= 0.3 is 0 Å². The lowest BCUT2D eigenvalue weighted by molar-refractivity contribution is -0.126. The van der Waals surface area contributed by atoms with Crippen LogP contribution in [0.1, 0.15) is 42.6 Å². The number of fused-ring (bicyclic) bond motifs is 1. The fraction of sp³-hybridized carbons (Fsp3) is 0.385. The molecule has 0 atom stereocenters. The lowest BCUT2D eigenvalue weighted by atomic mass is 9.97. The molecule has 4 aromatic rings. The van der Waals surface area contributed by atoms with Crippen molar-refractivity contribution in [1.29, 1.82) is 0 Å². The van der Waals surface area contributed by atoms with E-state index in [1.807, 2.05) is 32.0 Å². The van der Waals surface area contributed by atoms with Crippen LogP contribution >= 0.6 is 0 Å². The highest BCUT2D eigenvalue weighted by atomic mass is 32.2. The van der Waals surface area contributed by atoms with Gasteiger partial charge in [0.15, 0.2) is 0 Å². The molecule has 2 N–H and O–H groups in total. The lowest BCUT2D eigenvalue weighted by Crippen LogP contribution is -2.43. The molecule has 10 nitrogen and oxygen atoms in total. The summed E-state index contributed by atoms with van der Waals surface area (Å²) in [5, 5.41) is 6.91. The normalized spacial score (nSPS) is 15.3. The number of H-pyrrole nitrogens is 1. The van der Waals surface area contributed by atoms with Crippen LogP contribution in [0.3, 0.4) is 0 Å². The molecule has 194 valence electrons. The van der Waals surface area contributed by atoms with Crippen molar-refractivity contribution in [3.63, 3.8) is 0 Å². The van der Waals surface area contributed by atoms with Crippen LogP contribution in [0.5, 0.6) is 0 Å². The minimum Gasteiger partial charge on any atom is -0.349 e. The van der Waals surface area contributed by atoms with Crippen molar-refractivity contribution in [2.24, 2.45) is 5.92 Å². The number of nitrogens with one attached hydrogen (secondary N) is 2. The Morgan fingerprint density at radius 1 is 1.14 bits per heavy atom. The van der Waals surface area contributed by atoms with E-state index in [2.05, 4.69) is 25.4 Å². The van der Waals surface area contributed by atoms with Gasteiger partial charge in [-0.25, -0.2) is 13.4 Å². The van der Waals surface area contributed by atoms with E-state index in [9.17, 15) is 13.2 Å². The third kappa shape index (κ3) is 5.14. The molecule has 0 bridgehead atoms. The topological polar surface area (TPSA) is 134 Å². The zero-order valence-electron chi connectivity index (χ0n) is 21.1. The Hall–Kier alpha value is -3.57. The van der Waals surface area contributed by atoms with Gasteiger partial charge in [0.05, 0.1) is 22.5 Å². The average molecular weight is 523 g/mol. The number of carbonyl (C=O) groups excluding carboxylic acids is 1. The maximum atomic E-state index is 13.5. The van der Waals surface area contributed by atoms with E-state index in [-0.39, 0.29) is 29.8 Å². The van der Waals surface area contributed by atoms with Gasteiger partial charge in [-0.1, -0.05) is 30.3 Å². The Balaban J connectivity index is 1.22. The van der Waals surface area contributed by atoms with Crippen LogP contribution < -0.4 is 5.32 Å². The third-order valence-electron chi connectivity index (χ3n) is 6.78. The first-order chi connectivity index (χ1) is 17.7. The SMILES string of the molecule is CCc1nc(-c2ccc(C)c(S(=O)(=O)N3CCC(C(=O)NCc4nc5ccc(C)cc5[nH]4)CC3)c2)no1. The molecule has 1 amide bonds. The summed E-state index contributed by atoms with van der Waals surface area (Å²) in [5.41, 5.74) is 4.16. The Morgan fingerprint density at radius 2 is 1.92 bits per heavy atom. The van der Waals surface area contributed by atoms with E-state index >= 15 is 0 Å². The number of aromatic nitrogens is 4. The molecule has 0 saturated carbocycles. The van der Waals surface area contributed by atoms with Gasteiger partial charge in [-0.15, -0.1) is 0 Å². The molecule has 2 aromatic carbocycles. The van der Waals surface area contributed by atoms with Crippen molar-refractivity contribution in [3.8, 4) is 11.4 Å². The summed E-state index contributed by atoms with van der Waals surface area (Å²) >= 11 is 0. The van der Waals surface area contributed by atoms with Gasteiger partial charge in [0.1, 0.15) is 5.82 Å². The number of aryl methyl sites for hydroxylation is 3. The number of piperidine rings is 1. The van der Waals surface area contributed by atoms with Crippen LogP contribution in [0.2, 0.25) is 0 Å². The first kappa shape index (κ1) is 25.1. The fourth-order valence-corrected chi connectivity index (χ4v) is 6.33. The van der Waals surface area contributed by atoms with E-state index < -0.39 is 10.0 Å². The van der Waals surface area contributed by atoms with Crippen molar-refractivity contribution in [3.05, 3.63) is 59.2 Å². The average Bonchev–Trinajstić information content (AvgIpc) is 3.54. The molecule has 3 heterocycles. The van der Waals surface area contributed by atoms with E-state index in [0.29, 0.717) is 54.5 Å². The molecule has 37 heavy (non-hydrogen) atoms. The van der Waals surface area contributed by atoms with E-state index in [0.717, 1.165) is 16.6 Å². The largest absolute Gasteiger partial charge is 0.349 e. The van der Waals surface area contributed by atoms with Crippen molar-refractivity contribution in [2.75, 3.05) is 13.1 Å². The molecule has 5 rings (SSSR count). The lowest BCUT2D eigenvalue weighted by Gasteiger charge is -2.31. The maximum Gasteiger partial charge on any atom is 0.243 e. The monoisotopic (exact) mass is 522 g/mol. The third-order valence-corrected chi connectivity index (χ3v) is 8.82.